The fraction of sp³-hybridized carbons (Fsp3) is 0.200. The maximum atomic E-state index is 13.0. The number of benzene rings is 1. The number of nitrogens with one attached hydrogen (secondary N) is 1. The Morgan fingerprint density at radius 2 is 1.80 bits per heavy atom. The summed E-state index contributed by atoms with van der Waals surface area (Å²) in [5.41, 5.74) is 7.64. The Kier molecular flexibility index (Phi) is 3.42. The second kappa shape index (κ2) is 4.78. The van der Waals surface area contributed by atoms with Gasteiger partial charge in [-0.05, 0) is 36.0 Å². The molecule has 0 aliphatic carbocycles. The van der Waals surface area contributed by atoms with Crippen molar-refractivity contribution >= 4 is 23.5 Å². The van der Waals surface area contributed by atoms with E-state index >= 15 is 0 Å². The van der Waals surface area contributed by atoms with Crippen molar-refractivity contribution in [2.45, 2.75) is 12.2 Å². The van der Waals surface area contributed by atoms with E-state index in [2.05, 4.69) is 32.2 Å². The van der Waals surface area contributed by atoms with E-state index in [1.54, 1.807) is 0 Å². The topological polar surface area (TPSA) is 68.9 Å². The first kappa shape index (κ1) is 14.3. The van der Waals surface area contributed by atoms with Gasteiger partial charge in [0.15, 0.2) is 16.6 Å². The molecule has 0 spiro atoms. The van der Waals surface area contributed by atoms with Crippen LogP contribution in [0.25, 0.3) is 0 Å². The molecule has 0 radical (unpaired) electrons. The summed E-state index contributed by atoms with van der Waals surface area (Å²) in [7, 11) is 0. The summed E-state index contributed by atoms with van der Waals surface area (Å²) < 4.78 is 59.6. The molecule has 0 fully saturated rings. The van der Waals surface area contributed by atoms with Crippen molar-refractivity contribution in [2.24, 2.45) is 10.8 Å². The minimum atomic E-state index is -4.76. The van der Waals surface area contributed by atoms with Crippen molar-refractivity contribution in [1.82, 2.24) is 5.43 Å². The molecule has 1 heterocycles. The van der Waals surface area contributed by atoms with Crippen LogP contribution in [0.15, 0.2) is 23.3 Å². The van der Waals surface area contributed by atoms with E-state index in [-0.39, 0.29) is 10.7 Å². The van der Waals surface area contributed by atoms with E-state index < -0.39 is 23.7 Å². The van der Waals surface area contributed by atoms with Gasteiger partial charge in [0.2, 0.25) is 0 Å². The highest BCUT2D eigenvalue weighted by atomic mass is 32.1. The van der Waals surface area contributed by atoms with Crippen molar-refractivity contribution in [2.75, 3.05) is 0 Å². The molecule has 2 rings (SSSR count). The number of thiocarbonyl (C=S) groups is 1. The van der Waals surface area contributed by atoms with Crippen LogP contribution in [-0.2, 0) is 0 Å². The number of ether oxygens (including phenoxy) is 2. The number of alkyl halides is 4. The Balaban J connectivity index is 2.25. The number of hydrogen-bond acceptors (Lipinski definition) is 4. The molecule has 108 valence electrons. The van der Waals surface area contributed by atoms with Crippen LogP contribution in [0.4, 0.5) is 17.6 Å². The van der Waals surface area contributed by atoms with Crippen molar-refractivity contribution < 1.29 is 27.0 Å². The molecule has 1 aliphatic rings. The standard InChI is InChI=1S/C10H7F4N3O2S/c11-9(12)10(13,14)19-7-3-5(1-2-6(7)18-9)4-16-17-8(15)20/h1-4H,(H3,15,17,20). The number of rotatable bonds is 2. The molecule has 20 heavy (non-hydrogen) atoms. The molecule has 1 aromatic carbocycles. The highest BCUT2D eigenvalue weighted by molar-refractivity contribution is 7.80. The lowest BCUT2D eigenvalue weighted by Crippen LogP contribution is -2.52. The van der Waals surface area contributed by atoms with Crippen LogP contribution in [0.2, 0.25) is 0 Å². The van der Waals surface area contributed by atoms with E-state index in [0.717, 1.165) is 12.1 Å². The lowest BCUT2D eigenvalue weighted by atomic mass is 10.2. The van der Waals surface area contributed by atoms with E-state index in [1.165, 1.54) is 12.3 Å². The average molecular weight is 309 g/mol. The lowest BCUT2D eigenvalue weighted by molar-refractivity contribution is -0.391. The highest BCUT2D eigenvalue weighted by Gasteiger charge is 2.65. The van der Waals surface area contributed by atoms with E-state index in [4.69, 9.17) is 5.73 Å². The molecule has 0 amide bonds. The first-order valence-corrected chi connectivity index (χ1v) is 5.48. The number of nitrogens with zero attached hydrogens (tertiary/aromatic N) is 1. The fourth-order valence-electron chi connectivity index (χ4n) is 1.33. The summed E-state index contributed by atoms with van der Waals surface area (Å²) in [4.78, 5) is 0. The molecule has 1 aliphatic heterocycles. The quantitative estimate of drug-likeness (QED) is 0.377. The molecular weight excluding hydrogens is 302 g/mol. The summed E-state index contributed by atoms with van der Waals surface area (Å²) in [6, 6.07) is 3.43. The molecule has 0 saturated heterocycles. The van der Waals surface area contributed by atoms with Gasteiger partial charge in [-0.1, -0.05) is 0 Å². The van der Waals surface area contributed by atoms with Crippen LogP contribution in [0.3, 0.4) is 0 Å². The molecule has 3 N–H and O–H groups in total. The zero-order valence-electron chi connectivity index (χ0n) is 9.57. The van der Waals surface area contributed by atoms with Crippen molar-refractivity contribution in [3.05, 3.63) is 23.8 Å². The first-order chi connectivity index (χ1) is 9.21. The van der Waals surface area contributed by atoms with Gasteiger partial charge >= 0.3 is 12.2 Å². The van der Waals surface area contributed by atoms with Gasteiger partial charge in [0.05, 0.1) is 6.21 Å². The number of halogens is 4. The number of fused-ring (bicyclic) bond motifs is 1. The van der Waals surface area contributed by atoms with Crippen LogP contribution < -0.4 is 20.6 Å². The largest absolute Gasteiger partial charge is 0.507 e. The number of hydrogen-bond donors (Lipinski definition) is 2. The SMILES string of the molecule is NC(=S)NN=Cc1ccc2c(c1)OC(F)(F)C(F)(F)O2. The average Bonchev–Trinajstić information content (AvgIpc) is 2.29. The summed E-state index contributed by atoms with van der Waals surface area (Å²) in [6.45, 7) is 0. The highest BCUT2D eigenvalue weighted by Crippen LogP contribution is 2.46. The Morgan fingerprint density at radius 1 is 1.20 bits per heavy atom. The molecule has 10 heteroatoms. The zero-order valence-corrected chi connectivity index (χ0v) is 10.4. The summed E-state index contributed by atoms with van der Waals surface area (Å²) in [5.74, 6) is -1.03. The Labute approximate surface area is 115 Å². The molecular formula is C10H7F4N3O2S. The molecule has 0 saturated carbocycles. The minimum absolute atomic E-state index is 0.0926. The Morgan fingerprint density at radius 3 is 2.40 bits per heavy atom. The summed E-state index contributed by atoms with van der Waals surface area (Å²) in [5, 5.41) is 3.49. The van der Waals surface area contributed by atoms with Crippen LogP contribution in [0, 0.1) is 0 Å². The molecule has 5 nitrogen and oxygen atoms in total. The number of nitrogens with two attached hydrogens (primary N) is 1. The van der Waals surface area contributed by atoms with Gasteiger partial charge in [-0.2, -0.15) is 22.7 Å². The van der Waals surface area contributed by atoms with Crippen LogP contribution in [0.5, 0.6) is 11.5 Å². The normalized spacial score (nSPS) is 18.8. The van der Waals surface area contributed by atoms with Gasteiger partial charge in [-0.25, -0.2) is 0 Å². The Hall–Kier alpha value is -2.10. The molecule has 0 bridgehead atoms. The lowest BCUT2D eigenvalue weighted by Gasteiger charge is -2.31. The second-order valence-electron chi connectivity index (χ2n) is 3.68. The third kappa shape index (κ3) is 2.74. The van der Waals surface area contributed by atoms with Crippen molar-refractivity contribution in [1.29, 1.82) is 0 Å². The van der Waals surface area contributed by atoms with Crippen LogP contribution in [0.1, 0.15) is 5.56 Å². The maximum absolute atomic E-state index is 13.0. The van der Waals surface area contributed by atoms with Gasteiger partial charge in [-0.3, -0.25) is 5.43 Å². The predicted octanol–water partition coefficient (Wildman–Crippen LogP) is 1.81. The van der Waals surface area contributed by atoms with Gasteiger partial charge in [0.1, 0.15) is 0 Å². The van der Waals surface area contributed by atoms with Crippen molar-refractivity contribution in [3.8, 4) is 11.5 Å². The molecule has 0 aromatic heterocycles. The van der Waals surface area contributed by atoms with Crippen molar-refractivity contribution in [3.63, 3.8) is 0 Å². The molecule has 0 unspecified atom stereocenters. The number of hydrazone groups is 1. The summed E-state index contributed by atoms with van der Waals surface area (Å²) in [6.07, 6.45) is -8.30. The van der Waals surface area contributed by atoms with E-state index in [1.807, 2.05) is 0 Å². The Bertz CT molecular complexity index is 580. The van der Waals surface area contributed by atoms with E-state index in [9.17, 15) is 17.6 Å². The third-order valence-electron chi connectivity index (χ3n) is 2.17. The molecule has 0 atom stereocenters. The molecule has 1 aromatic rings. The smallest absolute Gasteiger partial charge is 0.421 e. The minimum Gasteiger partial charge on any atom is -0.421 e. The summed E-state index contributed by atoms with van der Waals surface area (Å²) >= 11 is 4.49. The zero-order chi connectivity index (χ0) is 15.0. The monoisotopic (exact) mass is 309 g/mol. The van der Waals surface area contributed by atoms with Crippen LogP contribution in [-0.4, -0.2) is 23.5 Å². The van der Waals surface area contributed by atoms with Gasteiger partial charge < -0.3 is 15.2 Å². The van der Waals surface area contributed by atoms with Gasteiger partial charge in [0, 0.05) is 0 Å². The van der Waals surface area contributed by atoms with Crippen LogP contribution >= 0.6 is 12.2 Å². The first-order valence-electron chi connectivity index (χ1n) is 5.07. The second-order valence-corrected chi connectivity index (χ2v) is 4.12. The maximum Gasteiger partial charge on any atom is 0.507 e. The van der Waals surface area contributed by atoms with E-state index in [0.29, 0.717) is 0 Å². The fourth-order valence-corrected chi connectivity index (χ4v) is 1.39. The van der Waals surface area contributed by atoms with Gasteiger partial charge in [-0.15, -0.1) is 0 Å². The van der Waals surface area contributed by atoms with Gasteiger partial charge in [0.25, 0.3) is 0 Å². The third-order valence-corrected chi connectivity index (χ3v) is 2.26. The predicted molar refractivity (Wildman–Crippen MR) is 65.1 cm³/mol.